The van der Waals surface area contributed by atoms with Crippen molar-refractivity contribution < 1.29 is 9.53 Å². The highest BCUT2D eigenvalue weighted by Crippen LogP contribution is 2.10. The zero-order chi connectivity index (χ0) is 17.5. The van der Waals surface area contributed by atoms with Gasteiger partial charge in [-0.1, -0.05) is 6.92 Å². The maximum absolute atomic E-state index is 12.2. The van der Waals surface area contributed by atoms with Crippen LogP contribution >= 0.6 is 0 Å². The maximum Gasteiger partial charge on any atom is 0.410 e. The van der Waals surface area contributed by atoms with Crippen LogP contribution in [0.25, 0.3) is 0 Å². The fourth-order valence-electron chi connectivity index (χ4n) is 2.26. The van der Waals surface area contributed by atoms with Gasteiger partial charge in [0.2, 0.25) is 0 Å². The van der Waals surface area contributed by atoms with Crippen LogP contribution in [0.1, 0.15) is 59.7 Å². The standard InChI is InChI=1S/C17H32N4O2/c1-7-9-20(16(22)23-17(4,5)6)10-8-18-11-15-12-19-13-21(15)14(2)3/h12-14,18H,7-11H2,1-6H3. The van der Waals surface area contributed by atoms with Crippen molar-refractivity contribution in [2.45, 2.75) is 66.2 Å². The molecule has 0 spiro atoms. The number of rotatable bonds is 8. The van der Waals surface area contributed by atoms with Gasteiger partial charge in [0.25, 0.3) is 0 Å². The van der Waals surface area contributed by atoms with Crippen LogP contribution in [0.2, 0.25) is 0 Å². The Hall–Kier alpha value is -1.56. The van der Waals surface area contributed by atoms with E-state index >= 15 is 0 Å². The molecule has 0 radical (unpaired) electrons. The van der Waals surface area contributed by atoms with Crippen molar-refractivity contribution in [3.63, 3.8) is 0 Å². The van der Waals surface area contributed by atoms with Crippen molar-refractivity contribution in [2.75, 3.05) is 19.6 Å². The van der Waals surface area contributed by atoms with Crippen LogP contribution in [0, 0.1) is 0 Å². The topological polar surface area (TPSA) is 59.4 Å². The van der Waals surface area contributed by atoms with E-state index in [9.17, 15) is 4.79 Å². The third-order valence-electron chi connectivity index (χ3n) is 3.31. The van der Waals surface area contributed by atoms with Gasteiger partial charge in [0.15, 0.2) is 0 Å². The number of hydrogen-bond donors (Lipinski definition) is 1. The summed E-state index contributed by atoms with van der Waals surface area (Å²) in [5.41, 5.74) is 0.694. The molecule has 6 nitrogen and oxygen atoms in total. The third kappa shape index (κ3) is 7.03. The monoisotopic (exact) mass is 324 g/mol. The number of imidazole rings is 1. The Morgan fingerprint density at radius 2 is 2.09 bits per heavy atom. The first-order valence-electron chi connectivity index (χ1n) is 8.44. The van der Waals surface area contributed by atoms with Crippen LogP contribution in [0.15, 0.2) is 12.5 Å². The Kier molecular flexibility index (Phi) is 7.55. The van der Waals surface area contributed by atoms with E-state index in [1.807, 2.05) is 33.3 Å². The van der Waals surface area contributed by atoms with Crippen LogP contribution in [0.3, 0.4) is 0 Å². The molecule has 0 aliphatic rings. The lowest BCUT2D eigenvalue weighted by Crippen LogP contribution is -2.40. The van der Waals surface area contributed by atoms with Crippen molar-refractivity contribution in [3.8, 4) is 0 Å². The molecule has 0 bridgehead atoms. The third-order valence-corrected chi connectivity index (χ3v) is 3.31. The zero-order valence-corrected chi connectivity index (χ0v) is 15.4. The summed E-state index contributed by atoms with van der Waals surface area (Å²) < 4.78 is 7.59. The van der Waals surface area contributed by atoms with Crippen molar-refractivity contribution in [2.24, 2.45) is 0 Å². The number of carbonyl (C=O) groups is 1. The molecule has 0 unspecified atom stereocenters. The van der Waals surface area contributed by atoms with Crippen LogP contribution in [0.4, 0.5) is 4.79 Å². The van der Waals surface area contributed by atoms with E-state index in [1.165, 1.54) is 0 Å². The highest BCUT2D eigenvalue weighted by molar-refractivity contribution is 5.68. The highest BCUT2D eigenvalue weighted by atomic mass is 16.6. The van der Waals surface area contributed by atoms with Gasteiger partial charge in [0.05, 0.1) is 12.0 Å². The average Bonchev–Trinajstić information content (AvgIpc) is 2.88. The summed E-state index contributed by atoms with van der Waals surface area (Å²) in [6.07, 6.45) is 4.41. The number of carbonyl (C=O) groups excluding carboxylic acids is 1. The fraction of sp³-hybridized carbons (Fsp3) is 0.765. The first kappa shape index (κ1) is 19.5. The van der Waals surface area contributed by atoms with Gasteiger partial charge in [-0.3, -0.25) is 0 Å². The first-order chi connectivity index (χ1) is 10.7. The average molecular weight is 324 g/mol. The Labute approximate surface area is 140 Å². The molecule has 1 aromatic heterocycles. The van der Waals surface area contributed by atoms with E-state index in [-0.39, 0.29) is 6.09 Å². The first-order valence-corrected chi connectivity index (χ1v) is 8.44. The lowest BCUT2D eigenvalue weighted by atomic mass is 10.2. The molecule has 1 amide bonds. The van der Waals surface area contributed by atoms with Crippen molar-refractivity contribution in [1.82, 2.24) is 19.8 Å². The lowest BCUT2D eigenvalue weighted by molar-refractivity contribution is 0.0252. The zero-order valence-electron chi connectivity index (χ0n) is 15.4. The second-order valence-corrected chi connectivity index (χ2v) is 7.03. The van der Waals surface area contributed by atoms with E-state index in [0.717, 1.165) is 25.2 Å². The van der Waals surface area contributed by atoms with Crippen molar-refractivity contribution in [3.05, 3.63) is 18.2 Å². The minimum atomic E-state index is -0.458. The minimum Gasteiger partial charge on any atom is -0.444 e. The molecule has 0 fully saturated rings. The number of nitrogens with zero attached hydrogens (tertiary/aromatic N) is 3. The second-order valence-electron chi connectivity index (χ2n) is 7.03. The molecule has 1 aromatic rings. The molecule has 0 saturated carbocycles. The predicted octanol–water partition coefficient (Wildman–Crippen LogP) is 3.20. The van der Waals surface area contributed by atoms with Crippen LogP contribution in [-0.2, 0) is 11.3 Å². The van der Waals surface area contributed by atoms with E-state index in [0.29, 0.717) is 19.1 Å². The van der Waals surface area contributed by atoms with E-state index in [4.69, 9.17) is 4.74 Å². The lowest BCUT2D eigenvalue weighted by Gasteiger charge is -2.27. The Balaban J connectivity index is 2.44. The summed E-state index contributed by atoms with van der Waals surface area (Å²) in [5.74, 6) is 0. The van der Waals surface area contributed by atoms with Gasteiger partial charge in [-0.05, 0) is 41.0 Å². The SMILES string of the molecule is CCCN(CCNCc1cncn1C(C)C)C(=O)OC(C)(C)C. The number of amides is 1. The van der Waals surface area contributed by atoms with Gasteiger partial charge in [-0.25, -0.2) is 9.78 Å². The smallest absolute Gasteiger partial charge is 0.410 e. The molecule has 0 aliphatic carbocycles. The Bertz CT molecular complexity index is 477. The van der Waals surface area contributed by atoms with Gasteiger partial charge in [0, 0.05) is 38.4 Å². The van der Waals surface area contributed by atoms with E-state index < -0.39 is 5.60 Å². The summed E-state index contributed by atoms with van der Waals surface area (Å²) >= 11 is 0. The van der Waals surface area contributed by atoms with Crippen molar-refractivity contribution >= 4 is 6.09 Å². The summed E-state index contributed by atoms with van der Waals surface area (Å²) in [4.78, 5) is 18.1. The molecule has 0 saturated heterocycles. The van der Waals surface area contributed by atoms with Crippen molar-refractivity contribution in [1.29, 1.82) is 0 Å². The molecule has 1 heterocycles. The molecule has 0 aromatic carbocycles. The number of ether oxygens (including phenoxy) is 1. The Morgan fingerprint density at radius 1 is 1.39 bits per heavy atom. The number of nitrogens with one attached hydrogen (secondary N) is 1. The van der Waals surface area contributed by atoms with Crippen LogP contribution < -0.4 is 5.32 Å². The Morgan fingerprint density at radius 3 is 2.65 bits per heavy atom. The molecule has 0 atom stereocenters. The normalized spacial score (nSPS) is 11.8. The van der Waals surface area contributed by atoms with Gasteiger partial charge in [-0.15, -0.1) is 0 Å². The highest BCUT2D eigenvalue weighted by Gasteiger charge is 2.21. The van der Waals surface area contributed by atoms with Gasteiger partial charge < -0.3 is 19.5 Å². The summed E-state index contributed by atoms with van der Waals surface area (Å²) in [5, 5.41) is 3.38. The maximum atomic E-state index is 12.2. The van der Waals surface area contributed by atoms with Gasteiger partial charge in [0.1, 0.15) is 5.60 Å². The summed E-state index contributed by atoms with van der Waals surface area (Å²) in [6.45, 7) is 14.8. The molecule has 132 valence electrons. The van der Waals surface area contributed by atoms with Gasteiger partial charge >= 0.3 is 6.09 Å². The predicted molar refractivity (Wildman–Crippen MR) is 92.4 cm³/mol. The summed E-state index contributed by atoms with van der Waals surface area (Å²) in [6, 6.07) is 0.396. The number of hydrogen-bond acceptors (Lipinski definition) is 4. The summed E-state index contributed by atoms with van der Waals surface area (Å²) in [7, 11) is 0. The molecule has 23 heavy (non-hydrogen) atoms. The second kappa shape index (κ2) is 8.91. The van der Waals surface area contributed by atoms with E-state index in [1.54, 1.807) is 4.90 Å². The molecule has 1 N–H and O–H groups in total. The quantitative estimate of drug-likeness (QED) is 0.746. The van der Waals surface area contributed by atoms with Crippen LogP contribution in [-0.4, -0.2) is 45.8 Å². The largest absolute Gasteiger partial charge is 0.444 e. The van der Waals surface area contributed by atoms with Gasteiger partial charge in [-0.2, -0.15) is 0 Å². The minimum absolute atomic E-state index is 0.242. The van der Waals surface area contributed by atoms with Crippen LogP contribution in [0.5, 0.6) is 0 Å². The molecule has 1 rings (SSSR count). The fourth-order valence-corrected chi connectivity index (χ4v) is 2.26. The van der Waals surface area contributed by atoms with E-state index in [2.05, 4.69) is 35.6 Å². The molecular formula is C17H32N4O2. The molecular weight excluding hydrogens is 292 g/mol. The number of aromatic nitrogens is 2. The molecule has 6 heteroatoms. The molecule has 0 aliphatic heterocycles.